The topological polar surface area (TPSA) is 3.24 Å². The lowest BCUT2D eigenvalue weighted by molar-refractivity contribution is 0.209. The van der Waals surface area contributed by atoms with E-state index < -0.39 is 0 Å². The van der Waals surface area contributed by atoms with E-state index in [-0.39, 0.29) is 0 Å². The van der Waals surface area contributed by atoms with Gasteiger partial charge in [-0.2, -0.15) is 0 Å². The van der Waals surface area contributed by atoms with E-state index in [9.17, 15) is 0 Å². The molecule has 0 aromatic rings. The molecule has 72 valence electrons. The van der Waals surface area contributed by atoms with Gasteiger partial charge in [0.25, 0.3) is 0 Å². The largest absolute Gasteiger partial charge is 0.301 e. The summed E-state index contributed by atoms with van der Waals surface area (Å²) >= 11 is 0. The lowest BCUT2D eigenvalue weighted by atomic mass is 10.2. The van der Waals surface area contributed by atoms with Gasteiger partial charge in [0.1, 0.15) is 0 Å². The first kappa shape index (κ1) is 10.0. The number of unbranched alkanes of at least 4 members (excludes halogenated alkanes) is 1. The number of nitrogens with zero attached hydrogens (tertiary/aromatic N) is 1. The maximum absolute atomic E-state index is 2.64. The summed E-state index contributed by atoms with van der Waals surface area (Å²) in [6, 6.07) is 0.747. The number of hydrogen-bond acceptors (Lipinski definition) is 1. The Bertz CT molecular complexity index is 116. The van der Waals surface area contributed by atoms with E-state index in [0.29, 0.717) is 0 Å². The Morgan fingerprint density at radius 3 is 2.42 bits per heavy atom. The second-order valence-electron chi connectivity index (χ2n) is 4.39. The van der Waals surface area contributed by atoms with Crippen molar-refractivity contribution in [3.8, 4) is 0 Å². The molecule has 0 heterocycles. The van der Waals surface area contributed by atoms with Crippen LogP contribution in [0.1, 0.15) is 46.5 Å². The summed E-state index contributed by atoms with van der Waals surface area (Å²) < 4.78 is 0. The number of rotatable bonds is 6. The average molecular weight is 169 g/mol. The van der Waals surface area contributed by atoms with E-state index in [1.165, 1.54) is 38.8 Å². The van der Waals surface area contributed by atoms with E-state index in [0.717, 1.165) is 12.0 Å². The third-order valence-electron chi connectivity index (χ3n) is 2.72. The zero-order valence-electron chi connectivity index (χ0n) is 8.84. The molecular formula is C11H23N. The predicted octanol–water partition coefficient (Wildman–Crippen LogP) is 2.91. The first-order chi connectivity index (χ1) is 5.74. The van der Waals surface area contributed by atoms with Crippen LogP contribution in [0.4, 0.5) is 0 Å². The fourth-order valence-corrected chi connectivity index (χ4v) is 1.55. The minimum absolute atomic E-state index is 0.747. The van der Waals surface area contributed by atoms with Gasteiger partial charge in [-0.25, -0.2) is 0 Å². The summed E-state index contributed by atoms with van der Waals surface area (Å²) in [5.74, 6) is 1.05. The molecule has 0 unspecified atom stereocenters. The van der Waals surface area contributed by atoms with Gasteiger partial charge in [0, 0.05) is 12.6 Å². The van der Waals surface area contributed by atoms with Crippen LogP contribution in [0.15, 0.2) is 0 Å². The molecule has 0 aromatic carbocycles. The summed E-state index contributed by atoms with van der Waals surface area (Å²) in [5, 5.41) is 0. The molecule has 12 heavy (non-hydrogen) atoms. The molecule has 1 aliphatic rings. The molecule has 1 saturated carbocycles. The highest BCUT2D eigenvalue weighted by molar-refractivity contribution is 4.78. The van der Waals surface area contributed by atoms with Crippen LogP contribution in [-0.4, -0.2) is 24.0 Å². The highest BCUT2D eigenvalue weighted by atomic mass is 15.1. The molecule has 0 N–H and O–H groups in total. The van der Waals surface area contributed by atoms with Gasteiger partial charge >= 0.3 is 0 Å². The van der Waals surface area contributed by atoms with Gasteiger partial charge in [0.15, 0.2) is 0 Å². The first-order valence-corrected chi connectivity index (χ1v) is 5.48. The van der Waals surface area contributed by atoms with Crippen molar-refractivity contribution in [2.45, 2.75) is 52.5 Å². The highest BCUT2D eigenvalue weighted by Crippen LogP contribution is 2.30. The molecule has 0 radical (unpaired) electrons. The van der Waals surface area contributed by atoms with Crippen molar-refractivity contribution in [2.24, 2.45) is 5.92 Å². The summed E-state index contributed by atoms with van der Waals surface area (Å²) in [6.07, 6.45) is 5.66. The van der Waals surface area contributed by atoms with Crippen molar-refractivity contribution >= 4 is 0 Å². The Morgan fingerprint density at radius 2 is 2.00 bits per heavy atom. The molecule has 0 atom stereocenters. The predicted molar refractivity (Wildman–Crippen MR) is 54.3 cm³/mol. The van der Waals surface area contributed by atoms with Crippen LogP contribution in [0.2, 0.25) is 0 Å². The van der Waals surface area contributed by atoms with Gasteiger partial charge in [0.2, 0.25) is 0 Å². The first-order valence-electron chi connectivity index (χ1n) is 5.48. The second kappa shape index (κ2) is 4.86. The lowest BCUT2D eigenvalue weighted by Crippen LogP contribution is -2.33. The molecule has 0 saturated heterocycles. The van der Waals surface area contributed by atoms with Crippen molar-refractivity contribution in [3.05, 3.63) is 0 Å². The molecule has 1 nitrogen and oxygen atoms in total. The zero-order valence-corrected chi connectivity index (χ0v) is 8.84. The monoisotopic (exact) mass is 169 g/mol. The fraction of sp³-hybridized carbons (Fsp3) is 1.00. The van der Waals surface area contributed by atoms with Gasteiger partial charge in [-0.1, -0.05) is 13.3 Å². The Hall–Kier alpha value is -0.0400. The normalized spacial score (nSPS) is 17.8. The Balaban J connectivity index is 2.16. The molecule has 1 aliphatic carbocycles. The summed E-state index contributed by atoms with van der Waals surface area (Å²) in [5.41, 5.74) is 0. The number of hydrogen-bond donors (Lipinski definition) is 0. The quantitative estimate of drug-likeness (QED) is 0.591. The van der Waals surface area contributed by atoms with Crippen LogP contribution in [0.3, 0.4) is 0 Å². The molecule has 0 aromatic heterocycles. The van der Waals surface area contributed by atoms with Crippen molar-refractivity contribution < 1.29 is 0 Å². The Labute approximate surface area is 77.1 Å². The van der Waals surface area contributed by atoms with E-state index in [1.54, 1.807) is 0 Å². The van der Waals surface area contributed by atoms with Crippen LogP contribution in [0.25, 0.3) is 0 Å². The van der Waals surface area contributed by atoms with Crippen molar-refractivity contribution in [2.75, 3.05) is 13.1 Å². The molecule has 0 spiro atoms. The van der Waals surface area contributed by atoms with Crippen LogP contribution in [0.5, 0.6) is 0 Å². The third kappa shape index (κ3) is 3.57. The van der Waals surface area contributed by atoms with Crippen LogP contribution in [-0.2, 0) is 0 Å². The van der Waals surface area contributed by atoms with Crippen molar-refractivity contribution in [1.82, 2.24) is 4.90 Å². The Morgan fingerprint density at radius 1 is 1.33 bits per heavy atom. The fourth-order valence-electron chi connectivity index (χ4n) is 1.55. The second-order valence-corrected chi connectivity index (χ2v) is 4.39. The van der Waals surface area contributed by atoms with Crippen molar-refractivity contribution in [1.29, 1.82) is 0 Å². The summed E-state index contributed by atoms with van der Waals surface area (Å²) in [6.45, 7) is 9.58. The Kier molecular flexibility index (Phi) is 4.07. The van der Waals surface area contributed by atoms with Crippen LogP contribution in [0, 0.1) is 5.92 Å². The maximum atomic E-state index is 2.64. The molecule has 0 amide bonds. The summed E-state index contributed by atoms with van der Waals surface area (Å²) in [7, 11) is 0. The maximum Gasteiger partial charge on any atom is 0.00387 e. The third-order valence-corrected chi connectivity index (χ3v) is 2.72. The van der Waals surface area contributed by atoms with Gasteiger partial charge in [-0.3, -0.25) is 0 Å². The van der Waals surface area contributed by atoms with E-state index in [2.05, 4.69) is 25.7 Å². The van der Waals surface area contributed by atoms with Gasteiger partial charge in [-0.15, -0.1) is 0 Å². The summed E-state index contributed by atoms with van der Waals surface area (Å²) in [4.78, 5) is 2.64. The minimum atomic E-state index is 0.747. The standard InChI is InChI=1S/C11H23N/c1-4-5-8-12(10(2)3)9-11-6-7-11/h10-11H,4-9H2,1-3H3. The highest BCUT2D eigenvalue weighted by Gasteiger charge is 2.24. The van der Waals surface area contributed by atoms with E-state index >= 15 is 0 Å². The minimum Gasteiger partial charge on any atom is -0.301 e. The zero-order chi connectivity index (χ0) is 8.97. The molecule has 1 fully saturated rings. The van der Waals surface area contributed by atoms with Crippen LogP contribution < -0.4 is 0 Å². The average Bonchev–Trinajstić information content (AvgIpc) is 2.80. The molecule has 1 rings (SSSR count). The SMILES string of the molecule is CCCCN(CC1CC1)C(C)C. The molecule has 1 heteroatoms. The van der Waals surface area contributed by atoms with Gasteiger partial charge < -0.3 is 4.90 Å². The lowest BCUT2D eigenvalue weighted by Gasteiger charge is -2.26. The molecule has 0 bridgehead atoms. The van der Waals surface area contributed by atoms with Gasteiger partial charge in [0.05, 0.1) is 0 Å². The smallest absolute Gasteiger partial charge is 0.00387 e. The van der Waals surface area contributed by atoms with E-state index in [4.69, 9.17) is 0 Å². The van der Waals surface area contributed by atoms with Gasteiger partial charge in [-0.05, 0) is 45.6 Å². The molecule has 0 aliphatic heterocycles. The molecular weight excluding hydrogens is 146 g/mol. The van der Waals surface area contributed by atoms with Crippen LogP contribution >= 0.6 is 0 Å². The van der Waals surface area contributed by atoms with Crippen molar-refractivity contribution in [3.63, 3.8) is 0 Å². The van der Waals surface area contributed by atoms with E-state index in [1.807, 2.05) is 0 Å².